The second kappa shape index (κ2) is 11.1. The van der Waals surface area contributed by atoms with Gasteiger partial charge >= 0.3 is 0 Å². The molecule has 8 heteroatoms. The highest BCUT2D eigenvalue weighted by Crippen LogP contribution is 2.36. The molecule has 0 saturated heterocycles. The number of hydrogen-bond acceptors (Lipinski definition) is 4. The molecule has 5 aromatic rings. The standard InChI is InChI=1S/C34H33N5O3/c1-21-12-13-23-8-4-5-9-26(23)27(21)19-38-30-10-6-7-11-31(30)39(20-29(34(38)42)37-32(40)22(2)35-3)33(41)25-15-14-24-16-17-36-28(24)18-25/h4-18,22,29,35-36H,19-20H2,1-3H3,(H,37,40)/t22?,29-/m0/s1. The van der Waals surface area contributed by atoms with E-state index in [1.807, 2.05) is 67.7 Å². The van der Waals surface area contributed by atoms with Crippen molar-refractivity contribution in [1.29, 1.82) is 0 Å². The molecule has 42 heavy (non-hydrogen) atoms. The van der Waals surface area contributed by atoms with Gasteiger partial charge in [-0.2, -0.15) is 0 Å². The maximum Gasteiger partial charge on any atom is 0.258 e. The van der Waals surface area contributed by atoms with Crippen molar-refractivity contribution >= 4 is 50.8 Å². The van der Waals surface area contributed by atoms with Crippen LogP contribution in [0.3, 0.4) is 0 Å². The number of para-hydroxylation sites is 2. The first-order chi connectivity index (χ1) is 20.4. The summed E-state index contributed by atoms with van der Waals surface area (Å²) in [5, 5.41) is 9.01. The van der Waals surface area contributed by atoms with Crippen LogP contribution in [-0.4, -0.2) is 48.4 Å². The maximum absolute atomic E-state index is 14.4. The molecule has 1 aliphatic rings. The van der Waals surface area contributed by atoms with E-state index in [9.17, 15) is 14.4 Å². The molecule has 0 bridgehead atoms. The Labute approximate surface area is 244 Å². The fraction of sp³-hybridized carbons (Fsp3) is 0.206. The van der Waals surface area contributed by atoms with Crippen LogP contribution >= 0.6 is 0 Å². The molecule has 3 N–H and O–H groups in total. The van der Waals surface area contributed by atoms with E-state index in [1.165, 1.54) is 0 Å². The molecule has 0 radical (unpaired) electrons. The van der Waals surface area contributed by atoms with E-state index in [0.717, 1.165) is 32.8 Å². The second-order valence-electron chi connectivity index (χ2n) is 10.8. The Morgan fingerprint density at radius 2 is 1.69 bits per heavy atom. The molecule has 2 atom stereocenters. The highest BCUT2D eigenvalue weighted by molar-refractivity contribution is 6.13. The number of aromatic nitrogens is 1. The number of nitrogens with one attached hydrogen (secondary N) is 3. The predicted molar refractivity (Wildman–Crippen MR) is 167 cm³/mol. The van der Waals surface area contributed by atoms with Crippen molar-refractivity contribution in [2.24, 2.45) is 0 Å². The van der Waals surface area contributed by atoms with Crippen LogP contribution in [-0.2, 0) is 16.1 Å². The monoisotopic (exact) mass is 559 g/mol. The molecule has 0 aliphatic carbocycles. The van der Waals surface area contributed by atoms with Crippen molar-refractivity contribution in [3.8, 4) is 0 Å². The van der Waals surface area contributed by atoms with E-state index >= 15 is 0 Å². The number of rotatable bonds is 6. The van der Waals surface area contributed by atoms with Crippen molar-refractivity contribution in [3.63, 3.8) is 0 Å². The minimum atomic E-state index is -0.964. The average Bonchev–Trinajstić information content (AvgIpc) is 3.46. The third-order valence-electron chi connectivity index (χ3n) is 8.17. The van der Waals surface area contributed by atoms with E-state index < -0.39 is 12.1 Å². The lowest BCUT2D eigenvalue weighted by Gasteiger charge is -2.27. The molecule has 0 fully saturated rings. The van der Waals surface area contributed by atoms with E-state index in [-0.39, 0.29) is 30.8 Å². The normalized spacial score (nSPS) is 15.9. The molecule has 1 aliphatic heterocycles. The van der Waals surface area contributed by atoms with E-state index in [2.05, 4.69) is 39.9 Å². The van der Waals surface area contributed by atoms with Gasteiger partial charge in [-0.05, 0) is 78.5 Å². The molecule has 1 unspecified atom stereocenters. The number of fused-ring (bicyclic) bond motifs is 3. The highest BCUT2D eigenvalue weighted by atomic mass is 16.2. The van der Waals surface area contributed by atoms with Crippen LogP contribution in [0.4, 0.5) is 11.4 Å². The van der Waals surface area contributed by atoms with Crippen molar-refractivity contribution in [2.45, 2.75) is 32.5 Å². The first kappa shape index (κ1) is 27.2. The molecule has 2 heterocycles. The summed E-state index contributed by atoms with van der Waals surface area (Å²) in [6.45, 7) is 4.05. The van der Waals surface area contributed by atoms with Gasteiger partial charge in [-0.3, -0.25) is 14.4 Å². The largest absolute Gasteiger partial charge is 0.361 e. The molecule has 6 rings (SSSR count). The van der Waals surface area contributed by atoms with Gasteiger partial charge in [0.05, 0.1) is 30.5 Å². The number of anilines is 2. The summed E-state index contributed by atoms with van der Waals surface area (Å²) in [5.41, 5.74) is 4.63. The molecule has 8 nitrogen and oxygen atoms in total. The molecule has 0 spiro atoms. The van der Waals surface area contributed by atoms with Crippen LogP contribution in [0.15, 0.2) is 91.1 Å². The number of carbonyl (C=O) groups is 3. The summed E-state index contributed by atoms with van der Waals surface area (Å²) in [6.07, 6.45) is 1.83. The lowest BCUT2D eigenvalue weighted by molar-refractivity contribution is -0.128. The van der Waals surface area contributed by atoms with Crippen LogP contribution in [0.1, 0.15) is 28.4 Å². The first-order valence-corrected chi connectivity index (χ1v) is 14.1. The number of aryl methyl sites for hydroxylation is 1. The Hall–Kier alpha value is -4.95. The van der Waals surface area contributed by atoms with E-state index in [4.69, 9.17) is 0 Å². The van der Waals surface area contributed by atoms with Crippen LogP contribution in [0.25, 0.3) is 21.7 Å². The number of nitrogens with zero attached hydrogens (tertiary/aromatic N) is 2. The van der Waals surface area contributed by atoms with Gasteiger partial charge in [0.2, 0.25) is 5.91 Å². The van der Waals surface area contributed by atoms with Gasteiger partial charge < -0.3 is 25.4 Å². The van der Waals surface area contributed by atoms with Gasteiger partial charge in [0.15, 0.2) is 0 Å². The topological polar surface area (TPSA) is 97.5 Å². The SMILES string of the molecule is CNC(C)C(=O)N[C@H]1CN(C(=O)c2ccc3cc[nH]c3c2)c2ccccc2N(Cc2c(C)ccc3ccccc23)C1=O. The average molecular weight is 560 g/mol. The first-order valence-electron chi connectivity index (χ1n) is 14.1. The molecule has 212 valence electrons. The Morgan fingerprint density at radius 3 is 2.50 bits per heavy atom. The Bertz CT molecular complexity index is 1830. The van der Waals surface area contributed by atoms with Gasteiger partial charge in [0, 0.05) is 17.3 Å². The molecule has 4 aromatic carbocycles. The second-order valence-corrected chi connectivity index (χ2v) is 10.8. The number of likely N-dealkylation sites (N-methyl/N-ethyl adjacent to an activating group) is 1. The van der Waals surface area contributed by atoms with E-state index in [0.29, 0.717) is 16.9 Å². The molecular formula is C34H33N5O3. The molecule has 3 amide bonds. The summed E-state index contributed by atoms with van der Waals surface area (Å²) in [4.78, 5) is 48.1. The summed E-state index contributed by atoms with van der Waals surface area (Å²) in [5.74, 6) is -0.847. The van der Waals surface area contributed by atoms with Gasteiger partial charge in [-0.25, -0.2) is 0 Å². The summed E-state index contributed by atoms with van der Waals surface area (Å²) in [6, 6.07) is 25.7. The van der Waals surface area contributed by atoms with Crippen molar-refractivity contribution in [1.82, 2.24) is 15.6 Å². The van der Waals surface area contributed by atoms with Gasteiger partial charge in [0.25, 0.3) is 11.8 Å². The van der Waals surface area contributed by atoms with Gasteiger partial charge in [-0.15, -0.1) is 0 Å². The van der Waals surface area contributed by atoms with Gasteiger partial charge in [0.1, 0.15) is 6.04 Å². The van der Waals surface area contributed by atoms with Gasteiger partial charge in [-0.1, -0.05) is 54.6 Å². The van der Waals surface area contributed by atoms with Crippen LogP contribution in [0.5, 0.6) is 0 Å². The Balaban J connectivity index is 1.47. The summed E-state index contributed by atoms with van der Waals surface area (Å²) in [7, 11) is 1.69. The quantitative estimate of drug-likeness (QED) is 0.275. The van der Waals surface area contributed by atoms with Crippen molar-refractivity contribution in [3.05, 3.63) is 108 Å². The van der Waals surface area contributed by atoms with Crippen LogP contribution in [0, 0.1) is 6.92 Å². The minimum Gasteiger partial charge on any atom is -0.361 e. The number of amides is 3. The smallest absolute Gasteiger partial charge is 0.258 e. The lowest BCUT2D eigenvalue weighted by atomic mass is 9.99. The third kappa shape index (κ3) is 4.90. The van der Waals surface area contributed by atoms with Crippen molar-refractivity contribution < 1.29 is 14.4 Å². The third-order valence-corrected chi connectivity index (χ3v) is 8.17. The zero-order valence-electron chi connectivity index (χ0n) is 23.8. The number of carbonyl (C=O) groups excluding carboxylic acids is 3. The molecule has 1 aromatic heterocycles. The predicted octanol–water partition coefficient (Wildman–Crippen LogP) is 4.92. The fourth-order valence-corrected chi connectivity index (χ4v) is 5.63. The zero-order valence-corrected chi connectivity index (χ0v) is 23.8. The molecule has 0 saturated carbocycles. The summed E-state index contributed by atoms with van der Waals surface area (Å²) < 4.78 is 0. The number of aromatic amines is 1. The molecular weight excluding hydrogens is 526 g/mol. The van der Waals surface area contributed by atoms with E-state index in [1.54, 1.807) is 29.8 Å². The lowest BCUT2D eigenvalue weighted by Crippen LogP contribution is -2.55. The fourth-order valence-electron chi connectivity index (χ4n) is 5.63. The maximum atomic E-state index is 14.4. The number of H-pyrrole nitrogens is 1. The van der Waals surface area contributed by atoms with Crippen molar-refractivity contribution in [2.75, 3.05) is 23.4 Å². The number of hydrogen-bond donors (Lipinski definition) is 3. The highest BCUT2D eigenvalue weighted by Gasteiger charge is 2.38. The minimum absolute atomic E-state index is 0.00929. The summed E-state index contributed by atoms with van der Waals surface area (Å²) >= 11 is 0. The zero-order chi connectivity index (χ0) is 29.4. The Kier molecular flexibility index (Phi) is 7.22. The Morgan fingerprint density at radius 1 is 0.952 bits per heavy atom. The van der Waals surface area contributed by atoms with Crippen LogP contribution < -0.4 is 20.4 Å². The van der Waals surface area contributed by atoms with Crippen LogP contribution in [0.2, 0.25) is 0 Å². The number of benzene rings is 4.